The van der Waals surface area contributed by atoms with Gasteiger partial charge >= 0.3 is 24.8 Å². The van der Waals surface area contributed by atoms with Crippen molar-refractivity contribution in [2.24, 2.45) is 0 Å². The van der Waals surface area contributed by atoms with Crippen molar-refractivity contribution >= 4 is 5.97 Å². The number of aromatic nitrogens is 1. The largest absolute Gasteiger partial charge is 1.00 e. The van der Waals surface area contributed by atoms with E-state index < -0.39 is 5.97 Å². The number of carboxylic acids is 1. The Balaban J connectivity index is 0. The van der Waals surface area contributed by atoms with Crippen molar-refractivity contribution in [3.8, 4) is 0 Å². The summed E-state index contributed by atoms with van der Waals surface area (Å²) in [6.45, 7) is 14.0. The van der Waals surface area contributed by atoms with E-state index in [4.69, 9.17) is 5.11 Å². The van der Waals surface area contributed by atoms with Crippen molar-refractivity contribution < 1.29 is 28.8 Å². The van der Waals surface area contributed by atoms with Crippen LogP contribution in [-0.2, 0) is 11.8 Å². The van der Waals surface area contributed by atoms with Crippen LogP contribution in [0, 0.1) is 19.2 Å². The molecule has 0 unspecified atom stereocenters. The number of hydrogen-bond acceptors (Lipinski definition) is 2. The number of hydrogen-bond donors (Lipinski definition) is 1. The van der Waals surface area contributed by atoms with E-state index in [1.54, 1.807) is 6.92 Å². The molecule has 27 heavy (non-hydrogen) atoms. The maximum absolute atomic E-state index is 10.1. The first kappa shape index (κ1) is 27.7. The molecule has 1 aromatic heterocycles. The van der Waals surface area contributed by atoms with Crippen LogP contribution in [0.3, 0.4) is 0 Å². The van der Waals surface area contributed by atoms with Crippen molar-refractivity contribution in [1.82, 2.24) is 4.98 Å². The molecular weight excluding hydrogens is 329 g/mol. The van der Waals surface area contributed by atoms with Crippen LogP contribution in [0.5, 0.6) is 0 Å². The second-order valence-corrected chi connectivity index (χ2v) is 6.82. The first-order valence-electron chi connectivity index (χ1n) is 9.11. The van der Waals surface area contributed by atoms with E-state index in [0.29, 0.717) is 0 Å². The van der Waals surface area contributed by atoms with Crippen molar-refractivity contribution in [2.45, 2.75) is 65.7 Å². The van der Waals surface area contributed by atoms with Gasteiger partial charge in [0.15, 0.2) is 0 Å². The minimum atomic E-state index is -0.962. The fourth-order valence-corrected chi connectivity index (χ4v) is 2.12. The normalized spacial score (nSPS) is 9.70. The molecule has 3 nitrogen and oxygen atoms in total. The zero-order chi connectivity index (χ0) is 20.0. The number of pyridine rings is 1. The number of aromatic carboxylic acids is 1. The molecule has 1 heterocycles. The van der Waals surface area contributed by atoms with Gasteiger partial charge in [0, 0.05) is 0 Å². The molecule has 0 radical (unpaired) electrons. The molecule has 0 bridgehead atoms. The summed E-state index contributed by atoms with van der Waals surface area (Å²) < 4.78 is 0. The average molecular weight is 361 g/mol. The first-order chi connectivity index (χ1) is 12.3. The number of carbonyl (C=O) groups is 1. The van der Waals surface area contributed by atoms with E-state index in [2.05, 4.69) is 70.1 Å². The van der Waals surface area contributed by atoms with Gasteiger partial charge in [0.05, 0.1) is 0 Å². The summed E-state index contributed by atoms with van der Waals surface area (Å²) in [5, 5.41) is 8.33. The van der Waals surface area contributed by atoms with E-state index >= 15 is 0 Å². The van der Waals surface area contributed by atoms with Gasteiger partial charge in [0.25, 0.3) is 0 Å². The molecule has 1 aromatic carbocycles. The van der Waals surface area contributed by atoms with Crippen LogP contribution in [0.2, 0.25) is 0 Å². The second kappa shape index (κ2) is 15.5. The van der Waals surface area contributed by atoms with Crippen molar-refractivity contribution in [1.29, 1.82) is 0 Å². The van der Waals surface area contributed by atoms with Crippen LogP contribution in [0.15, 0.2) is 36.5 Å². The number of unbranched alkanes of at least 4 members (excludes halogenated alkanes) is 2. The van der Waals surface area contributed by atoms with E-state index in [0.717, 1.165) is 0 Å². The van der Waals surface area contributed by atoms with Crippen LogP contribution in [0.25, 0.3) is 0 Å². The van der Waals surface area contributed by atoms with E-state index in [1.165, 1.54) is 55.1 Å². The summed E-state index contributed by atoms with van der Waals surface area (Å²) in [5.74, 6) is -0.962. The minimum Gasteiger partial charge on any atom is -0.479 e. The molecule has 144 valence electrons. The van der Waals surface area contributed by atoms with Gasteiger partial charge in [-0.1, -0.05) is 71.2 Å². The summed E-state index contributed by atoms with van der Waals surface area (Å²) in [7, 11) is 0. The van der Waals surface area contributed by atoms with Gasteiger partial charge in [-0.2, -0.15) is 54.4 Å². The third-order valence-corrected chi connectivity index (χ3v) is 3.65. The molecule has 0 aliphatic rings. The number of nitrogens with zero attached hydrogens (tertiary/aromatic N) is 1. The third kappa shape index (κ3) is 12.4. The molecule has 0 saturated heterocycles. The van der Waals surface area contributed by atoms with E-state index in [1.807, 2.05) is 0 Å². The molecule has 0 amide bonds. The van der Waals surface area contributed by atoms with Crippen LogP contribution in [-0.4, -0.2) is 16.1 Å². The zero-order valence-electron chi connectivity index (χ0n) is 17.8. The third-order valence-electron chi connectivity index (χ3n) is 3.65. The Kier molecular flexibility index (Phi) is 15.9. The topological polar surface area (TPSA) is 50.2 Å². The number of aryl methyl sites for hydroxylation is 1. The average Bonchev–Trinajstić information content (AvgIpc) is 2.64. The van der Waals surface area contributed by atoms with Crippen molar-refractivity contribution in [3.05, 3.63) is 72.4 Å². The summed E-state index contributed by atoms with van der Waals surface area (Å²) in [6, 6.07) is 12.7. The van der Waals surface area contributed by atoms with E-state index in [9.17, 15) is 4.79 Å². The zero-order valence-corrected chi connectivity index (χ0v) is 17.8. The van der Waals surface area contributed by atoms with Crippen LogP contribution < -0.4 is 18.9 Å². The maximum Gasteiger partial charge on any atom is 1.00 e. The van der Waals surface area contributed by atoms with Crippen LogP contribution >= 0.6 is 0 Å². The predicted octanol–water partition coefficient (Wildman–Crippen LogP) is 2.94. The minimum absolute atomic E-state index is 0. The fraction of sp³-hybridized carbons (Fsp3) is 0.435. The fourth-order valence-electron chi connectivity index (χ4n) is 2.12. The van der Waals surface area contributed by atoms with Gasteiger partial charge in [-0.05, 0) is 5.56 Å². The Morgan fingerprint density at radius 1 is 1.22 bits per heavy atom. The van der Waals surface area contributed by atoms with Crippen molar-refractivity contribution in [3.63, 3.8) is 0 Å². The Bertz CT molecular complexity index is 622. The van der Waals surface area contributed by atoms with Gasteiger partial charge in [0.1, 0.15) is 0 Å². The molecule has 2 aromatic rings. The number of carboxylic acid groups (broad SMARTS) is 1. The molecular formula is C23H32LiNO2-2. The van der Waals surface area contributed by atoms with Crippen LogP contribution in [0.4, 0.5) is 0 Å². The van der Waals surface area contributed by atoms with E-state index in [-0.39, 0.29) is 29.8 Å². The standard InChI is InChI=1S/C15H23.C6H4NO2.C2H5.Li/c1-5-6-7-9-13-10-8-11-14(12-13)15(2,3)4;8-6(9)5-2-1-3-7-4-5;1-2;/h10-12H,5-7,9H2,1-4H3;1-2,4H,(H,8,9);1H2,2H3;/q3*-1;+1. The molecule has 0 aliphatic carbocycles. The van der Waals surface area contributed by atoms with Gasteiger partial charge in [0.2, 0.25) is 0 Å². The van der Waals surface area contributed by atoms with Gasteiger partial charge in [-0.15, -0.1) is 0 Å². The molecule has 0 spiro atoms. The van der Waals surface area contributed by atoms with Gasteiger partial charge in [-0.3, -0.25) is 0 Å². The molecule has 2 rings (SSSR count). The smallest absolute Gasteiger partial charge is 0.479 e. The maximum atomic E-state index is 10.1. The van der Waals surface area contributed by atoms with Gasteiger partial charge < -0.3 is 17.0 Å². The Hall–Kier alpha value is -1.56. The molecule has 1 N–H and O–H groups in total. The van der Waals surface area contributed by atoms with Gasteiger partial charge in [-0.25, -0.2) is 4.79 Å². The molecule has 4 heteroatoms. The summed E-state index contributed by atoms with van der Waals surface area (Å²) >= 11 is 0. The van der Waals surface area contributed by atoms with Crippen molar-refractivity contribution in [2.75, 3.05) is 0 Å². The Morgan fingerprint density at radius 3 is 2.33 bits per heavy atom. The quantitative estimate of drug-likeness (QED) is 0.506. The Morgan fingerprint density at radius 2 is 1.89 bits per heavy atom. The van der Waals surface area contributed by atoms with Crippen LogP contribution in [0.1, 0.15) is 75.4 Å². The molecule has 0 saturated carbocycles. The summed E-state index contributed by atoms with van der Waals surface area (Å²) in [4.78, 5) is 13.6. The number of rotatable bonds is 5. The Labute approximate surface area is 177 Å². The second-order valence-electron chi connectivity index (χ2n) is 6.82. The summed E-state index contributed by atoms with van der Waals surface area (Å²) in [5.41, 5.74) is 3.28. The predicted molar refractivity (Wildman–Crippen MR) is 108 cm³/mol. The molecule has 0 atom stereocenters. The molecule has 0 aliphatic heterocycles. The summed E-state index contributed by atoms with van der Waals surface area (Å²) in [6.07, 6.45) is 8.86. The monoisotopic (exact) mass is 361 g/mol. The number of benzene rings is 1. The SMILES string of the molecule is CCCCCc1c[c-]cc(C(C)(C)C)c1.O=C(O)c1cc[c-]nc1.[CH2-]C.[Li+]. The first-order valence-corrected chi connectivity index (χ1v) is 9.11. The molecule has 0 fully saturated rings.